The van der Waals surface area contributed by atoms with Crippen LogP contribution in [0, 0.1) is 0 Å². The van der Waals surface area contributed by atoms with Crippen molar-refractivity contribution in [3.05, 3.63) is 0 Å². The van der Waals surface area contributed by atoms with Gasteiger partial charge in [0.1, 0.15) is 0 Å². The molecule has 9 heteroatoms. The molecule has 2 N–H and O–H groups in total. The number of carbonyl (C=O) groups excluding carboxylic acids is 1. The number of nitrogens with one attached hydrogen (secondary N) is 2. The molecule has 0 aromatic rings. The van der Waals surface area contributed by atoms with Crippen LogP contribution >= 0.6 is 11.8 Å². The highest BCUT2D eigenvalue weighted by Gasteiger charge is 2.30. The first-order valence-corrected chi connectivity index (χ1v) is 11.1. The Morgan fingerprint density at radius 2 is 2.17 bits per heavy atom. The van der Waals surface area contributed by atoms with Crippen molar-refractivity contribution in [1.29, 1.82) is 0 Å². The SMILES string of the molecule is CN=C(NCCC(=O)NC1CCS(=O)(=O)C1)N1CCSC(C)(C)C1. The van der Waals surface area contributed by atoms with Gasteiger partial charge in [-0.25, -0.2) is 8.42 Å². The van der Waals surface area contributed by atoms with Crippen LogP contribution in [0.2, 0.25) is 0 Å². The Bertz CT molecular complexity index is 590. The van der Waals surface area contributed by atoms with Crippen molar-refractivity contribution in [3.8, 4) is 0 Å². The van der Waals surface area contributed by atoms with Crippen LogP contribution < -0.4 is 10.6 Å². The maximum atomic E-state index is 12.0. The number of hydrogen-bond donors (Lipinski definition) is 2. The molecule has 7 nitrogen and oxygen atoms in total. The van der Waals surface area contributed by atoms with E-state index in [0.717, 1.165) is 24.8 Å². The predicted octanol–water partition coefficient (Wildman–Crippen LogP) is 0.0826. The van der Waals surface area contributed by atoms with Crippen LogP contribution in [0.15, 0.2) is 4.99 Å². The molecule has 2 fully saturated rings. The molecule has 1 atom stereocenters. The molecule has 2 heterocycles. The molecule has 2 aliphatic heterocycles. The van der Waals surface area contributed by atoms with Crippen molar-refractivity contribution in [2.24, 2.45) is 4.99 Å². The predicted molar refractivity (Wildman–Crippen MR) is 99.3 cm³/mol. The zero-order valence-electron chi connectivity index (χ0n) is 14.7. The molecule has 138 valence electrons. The lowest BCUT2D eigenvalue weighted by molar-refractivity contribution is -0.121. The number of thioether (sulfide) groups is 1. The molecular weight excluding hydrogens is 348 g/mol. The first-order valence-electron chi connectivity index (χ1n) is 8.30. The van der Waals surface area contributed by atoms with Gasteiger partial charge in [-0.2, -0.15) is 11.8 Å². The number of aliphatic imine (C=N–C) groups is 1. The molecule has 1 amide bonds. The van der Waals surface area contributed by atoms with E-state index in [4.69, 9.17) is 0 Å². The number of hydrogen-bond acceptors (Lipinski definition) is 5. The van der Waals surface area contributed by atoms with Crippen LogP contribution in [-0.4, -0.2) is 79.9 Å². The van der Waals surface area contributed by atoms with E-state index in [1.807, 2.05) is 11.8 Å². The minimum absolute atomic E-state index is 0.0639. The summed E-state index contributed by atoms with van der Waals surface area (Å²) in [6.07, 6.45) is 0.825. The third-order valence-corrected chi connectivity index (χ3v) is 7.23. The molecule has 0 aromatic carbocycles. The molecule has 2 saturated heterocycles. The summed E-state index contributed by atoms with van der Waals surface area (Å²) in [5.74, 6) is 2.00. The normalized spacial score (nSPS) is 26.2. The van der Waals surface area contributed by atoms with E-state index in [-0.39, 0.29) is 28.2 Å². The maximum Gasteiger partial charge on any atom is 0.222 e. The fourth-order valence-electron chi connectivity index (χ4n) is 3.03. The molecule has 0 saturated carbocycles. The van der Waals surface area contributed by atoms with Gasteiger partial charge in [-0.15, -0.1) is 0 Å². The second-order valence-electron chi connectivity index (χ2n) is 6.92. The fraction of sp³-hybridized carbons (Fsp3) is 0.867. The molecule has 2 aliphatic rings. The number of guanidine groups is 1. The standard InChI is InChI=1S/C15H28N4O3S2/c1-15(2)11-19(7-8-23-15)14(16-3)17-6-4-13(20)18-12-5-9-24(21,22)10-12/h12H,4-11H2,1-3H3,(H,16,17)(H,18,20). The number of carbonyl (C=O) groups is 1. The van der Waals surface area contributed by atoms with Crippen molar-refractivity contribution in [1.82, 2.24) is 15.5 Å². The monoisotopic (exact) mass is 376 g/mol. The van der Waals surface area contributed by atoms with Gasteiger partial charge in [-0.1, -0.05) is 0 Å². The van der Waals surface area contributed by atoms with Crippen LogP contribution in [-0.2, 0) is 14.6 Å². The van der Waals surface area contributed by atoms with E-state index in [1.54, 1.807) is 7.05 Å². The molecule has 0 bridgehead atoms. The Hall–Kier alpha value is -0.960. The lowest BCUT2D eigenvalue weighted by Crippen LogP contribution is -2.51. The summed E-state index contributed by atoms with van der Waals surface area (Å²) in [6, 6.07) is -0.235. The first-order chi connectivity index (χ1) is 11.2. The van der Waals surface area contributed by atoms with Crippen molar-refractivity contribution < 1.29 is 13.2 Å². The molecule has 1 unspecified atom stereocenters. The van der Waals surface area contributed by atoms with Gasteiger partial charge in [-0.05, 0) is 20.3 Å². The number of sulfone groups is 1. The Balaban J connectivity index is 1.73. The van der Waals surface area contributed by atoms with E-state index >= 15 is 0 Å². The molecule has 24 heavy (non-hydrogen) atoms. The van der Waals surface area contributed by atoms with Gasteiger partial charge >= 0.3 is 0 Å². The summed E-state index contributed by atoms with van der Waals surface area (Å²) in [5, 5.41) is 6.04. The van der Waals surface area contributed by atoms with E-state index < -0.39 is 9.84 Å². The summed E-state index contributed by atoms with van der Waals surface area (Å²) >= 11 is 1.96. The van der Waals surface area contributed by atoms with Gasteiger partial charge in [0, 0.05) is 49.6 Å². The highest BCUT2D eigenvalue weighted by molar-refractivity contribution is 8.00. The molecule has 0 radical (unpaired) electrons. The maximum absolute atomic E-state index is 12.0. The third kappa shape index (κ3) is 5.84. The lowest BCUT2D eigenvalue weighted by Gasteiger charge is -2.39. The number of nitrogens with zero attached hydrogens (tertiary/aromatic N) is 2. The Morgan fingerprint density at radius 3 is 2.75 bits per heavy atom. The minimum atomic E-state index is -2.96. The van der Waals surface area contributed by atoms with Gasteiger partial charge in [-0.3, -0.25) is 9.79 Å². The van der Waals surface area contributed by atoms with E-state index in [2.05, 4.69) is 34.4 Å². The van der Waals surface area contributed by atoms with Crippen LogP contribution in [0.25, 0.3) is 0 Å². The fourth-order valence-corrected chi connectivity index (χ4v) is 5.81. The smallest absolute Gasteiger partial charge is 0.222 e. The summed E-state index contributed by atoms with van der Waals surface area (Å²) in [6.45, 7) is 6.80. The summed E-state index contributed by atoms with van der Waals surface area (Å²) in [5.41, 5.74) is 0. The first kappa shape index (κ1) is 19.4. The highest BCUT2D eigenvalue weighted by atomic mass is 32.2. The zero-order valence-corrected chi connectivity index (χ0v) is 16.3. The lowest BCUT2D eigenvalue weighted by atomic mass is 10.2. The third-order valence-electron chi connectivity index (χ3n) is 4.17. The van der Waals surface area contributed by atoms with E-state index in [1.165, 1.54) is 0 Å². The Labute approximate surface area is 149 Å². The van der Waals surface area contributed by atoms with Gasteiger partial charge in [0.05, 0.1) is 11.5 Å². The zero-order chi connectivity index (χ0) is 17.8. The average Bonchev–Trinajstić information content (AvgIpc) is 2.81. The molecular formula is C15H28N4O3S2. The second kappa shape index (κ2) is 7.95. The van der Waals surface area contributed by atoms with Gasteiger partial charge in [0.15, 0.2) is 15.8 Å². The Morgan fingerprint density at radius 1 is 1.42 bits per heavy atom. The molecule has 0 aliphatic carbocycles. The van der Waals surface area contributed by atoms with E-state index in [9.17, 15) is 13.2 Å². The summed E-state index contributed by atoms with van der Waals surface area (Å²) < 4.78 is 23.0. The topological polar surface area (TPSA) is 90.9 Å². The minimum Gasteiger partial charge on any atom is -0.356 e. The number of rotatable bonds is 4. The summed E-state index contributed by atoms with van der Waals surface area (Å²) in [4.78, 5) is 18.5. The van der Waals surface area contributed by atoms with Crippen LogP contribution in [0.4, 0.5) is 0 Å². The van der Waals surface area contributed by atoms with Crippen LogP contribution in [0.1, 0.15) is 26.7 Å². The summed E-state index contributed by atoms with van der Waals surface area (Å²) in [7, 11) is -1.21. The second-order valence-corrected chi connectivity index (χ2v) is 11.0. The quantitative estimate of drug-likeness (QED) is 0.534. The van der Waals surface area contributed by atoms with Gasteiger partial charge in [0.25, 0.3) is 0 Å². The number of amides is 1. The van der Waals surface area contributed by atoms with Crippen molar-refractivity contribution in [2.45, 2.75) is 37.5 Å². The largest absolute Gasteiger partial charge is 0.356 e. The van der Waals surface area contributed by atoms with Gasteiger partial charge in [0.2, 0.25) is 5.91 Å². The molecule has 0 aromatic heterocycles. The van der Waals surface area contributed by atoms with Crippen molar-refractivity contribution in [3.63, 3.8) is 0 Å². The molecule has 2 rings (SSSR count). The van der Waals surface area contributed by atoms with Crippen LogP contribution in [0.5, 0.6) is 0 Å². The highest BCUT2D eigenvalue weighted by Crippen LogP contribution is 2.29. The average molecular weight is 377 g/mol. The van der Waals surface area contributed by atoms with Crippen molar-refractivity contribution >= 4 is 33.5 Å². The van der Waals surface area contributed by atoms with Crippen molar-refractivity contribution in [2.75, 3.05) is 43.9 Å². The van der Waals surface area contributed by atoms with Gasteiger partial charge < -0.3 is 15.5 Å². The molecule has 0 spiro atoms. The van der Waals surface area contributed by atoms with E-state index in [0.29, 0.717) is 19.4 Å². The van der Waals surface area contributed by atoms with Crippen LogP contribution in [0.3, 0.4) is 0 Å². The Kier molecular flexibility index (Phi) is 6.41.